The zero-order valence-electron chi connectivity index (χ0n) is 8.98. The second-order valence-corrected chi connectivity index (χ2v) is 6.40. The standard InChI is InChI=1S/C12H12Br2O3/c13-9-5-10(14)8(9)6-17-11-4-2-1-3-7(11)12(15)16/h1-4,8-10H,5-6H2,(H,15,16). The van der Waals surface area contributed by atoms with Crippen LogP contribution >= 0.6 is 31.9 Å². The number of hydrogen-bond acceptors (Lipinski definition) is 2. The van der Waals surface area contributed by atoms with E-state index in [9.17, 15) is 4.79 Å². The molecule has 2 rings (SSSR count). The number of benzene rings is 1. The molecule has 1 N–H and O–H groups in total. The van der Waals surface area contributed by atoms with E-state index >= 15 is 0 Å². The summed E-state index contributed by atoms with van der Waals surface area (Å²) in [6, 6.07) is 6.71. The van der Waals surface area contributed by atoms with E-state index in [4.69, 9.17) is 9.84 Å². The van der Waals surface area contributed by atoms with E-state index in [1.807, 2.05) is 0 Å². The maximum atomic E-state index is 11.0. The molecule has 1 aromatic rings. The monoisotopic (exact) mass is 362 g/mol. The highest BCUT2D eigenvalue weighted by molar-refractivity contribution is 9.10. The first-order valence-corrected chi connectivity index (χ1v) is 7.16. The van der Waals surface area contributed by atoms with Gasteiger partial charge in [0.2, 0.25) is 0 Å². The molecule has 0 aromatic heterocycles. The number of alkyl halides is 2. The lowest BCUT2D eigenvalue weighted by Gasteiger charge is -2.37. The van der Waals surface area contributed by atoms with Crippen molar-refractivity contribution in [2.24, 2.45) is 5.92 Å². The number of para-hydroxylation sites is 1. The van der Waals surface area contributed by atoms with Crippen LogP contribution in [0, 0.1) is 5.92 Å². The van der Waals surface area contributed by atoms with Gasteiger partial charge in [0.15, 0.2) is 0 Å². The number of carbonyl (C=O) groups is 1. The van der Waals surface area contributed by atoms with Crippen molar-refractivity contribution in [2.75, 3.05) is 6.61 Å². The predicted molar refractivity (Wildman–Crippen MR) is 72.4 cm³/mol. The van der Waals surface area contributed by atoms with E-state index in [1.165, 1.54) is 0 Å². The van der Waals surface area contributed by atoms with Gasteiger partial charge in [0.25, 0.3) is 0 Å². The Morgan fingerprint density at radius 1 is 1.35 bits per heavy atom. The largest absolute Gasteiger partial charge is 0.492 e. The van der Waals surface area contributed by atoms with Gasteiger partial charge in [-0.2, -0.15) is 0 Å². The Balaban J connectivity index is 2.01. The number of halogens is 2. The maximum Gasteiger partial charge on any atom is 0.339 e. The first-order valence-electron chi connectivity index (χ1n) is 5.33. The highest BCUT2D eigenvalue weighted by Crippen LogP contribution is 2.39. The molecular weight excluding hydrogens is 352 g/mol. The van der Waals surface area contributed by atoms with Crippen LogP contribution in [0.2, 0.25) is 0 Å². The fourth-order valence-corrected chi connectivity index (χ4v) is 4.52. The third-order valence-corrected chi connectivity index (χ3v) is 5.03. The molecule has 2 atom stereocenters. The molecule has 0 amide bonds. The van der Waals surface area contributed by atoms with Crippen molar-refractivity contribution >= 4 is 37.8 Å². The first-order chi connectivity index (χ1) is 8.09. The number of rotatable bonds is 4. The van der Waals surface area contributed by atoms with Gasteiger partial charge in [-0.05, 0) is 18.6 Å². The van der Waals surface area contributed by atoms with Gasteiger partial charge < -0.3 is 9.84 Å². The van der Waals surface area contributed by atoms with Crippen molar-refractivity contribution in [3.8, 4) is 5.75 Å². The van der Waals surface area contributed by atoms with Crippen LogP contribution < -0.4 is 4.74 Å². The molecule has 0 aliphatic heterocycles. The summed E-state index contributed by atoms with van der Waals surface area (Å²) in [7, 11) is 0. The van der Waals surface area contributed by atoms with Gasteiger partial charge in [0.05, 0.1) is 6.61 Å². The van der Waals surface area contributed by atoms with E-state index in [0.717, 1.165) is 6.42 Å². The lowest BCUT2D eigenvalue weighted by atomic mass is 9.86. The van der Waals surface area contributed by atoms with Crippen LogP contribution in [0.3, 0.4) is 0 Å². The fraction of sp³-hybridized carbons (Fsp3) is 0.417. The Morgan fingerprint density at radius 3 is 2.59 bits per heavy atom. The molecular formula is C12H12Br2O3. The van der Waals surface area contributed by atoms with Gasteiger partial charge in [0, 0.05) is 15.6 Å². The molecule has 0 spiro atoms. The molecule has 17 heavy (non-hydrogen) atoms. The van der Waals surface area contributed by atoms with Crippen LogP contribution in [-0.4, -0.2) is 27.3 Å². The lowest BCUT2D eigenvalue weighted by Crippen LogP contribution is -2.42. The Kier molecular flexibility index (Phi) is 4.09. The SMILES string of the molecule is O=C(O)c1ccccc1OCC1C(Br)CC1Br. The van der Waals surface area contributed by atoms with Crippen molar-refractivity contribution in [1.82, 2.24) is 0 Å². The van der Waals surface area contributed by atoms with Crippen LogP contribution in [0.5, 0.6) is 5.75 Å². The summed E-state index contributed by atoms with van der Waals surface area (Å²) < 4.78 is 5.60. The van der Waals surface area contributed by atoms with Crippen molar-refractivity contribution < 1.29 is 14.6 Å². The fourth-order valence-electron chi connectivity index (χ4n) is 1.76. The summed E-state index contributed by atoms with van der Waals surface area (Å²) in [5, 5.41) is 9.01. The topological polar surface area (TPSA) is 46.5 Å². The predicted octanol–water partition coefficient (Wildman–Crippen LogP) is 3.31. The van der Waals surface area contributed by atoms with Crippen molar-refractivity contribution in [2.45, 2.75) is 16.1 Å². The van der Waals surface area contributed by atoms with E-state index in [2.05, 4.69) is 31.9 Å². The molecule has 1 aromatic carbocycles. The Hall–Kier alpha value is -0.550. The third kappa shape index (κ3) is 2.83. The summed E-state index contributed by atoms with van der Waals surface area (Å²) in [5.74, 6) is -0.136. The first kappa shape index (κ1) is 12.9. The van der Waals surface area contributed by atoms with Crippen LogP contribution in [0.1, 0.15) is 16.8 Å². The normalized spacial score (nSPS) is 27.3. The van der Waals surface area contributed by atoms with Crippen molar-refractivity contribution in [1.29, 1.82) is 0 Å². The minimum atomic E-state index is -0.958. The molecule has 1 aliphatic rings. The average Bonchev–Trinajstić information content (AvgIpc) is 2.29. The van der Waals surface area contributed by atoms with Gasteiger partial charge in [-0.15, -0.1) is 0 Å². The number of hydrogen-bond donors (Lipinski definition) is 1. The summed E-state index contributed by atoms with van der Waals surface area (Å²) in [6.45, 7) is 0.524. The molecule has 92 valence electrons. The van der Waals surface area contributed by atoms with Crippen LogP contribution in [0.25, 0.3) is 0 Å². The maximum absolute atomic E-state index is 11.0. The zero-order chi connectivity index (χ0) is 12.4. The Labute approximate surface area is 116 Å². The molecule has 3 nitrogen and oxygen atoms in total. The van der Waals surface area contributed by atoms with Crippen LogP contribution in [-0.2, 0) is 0 Å². The summed E-state index contributed by atoms with van der Waals surface area (Å²) in [6.07, 6.45) is 1.08. The van der Waals surface area contributed by atoms with Gasteiger partial charge in [-0.25, -0.2) is 4.79 Å². The van der Waals surface area contributed by atoms with E-state index < -0.39 is 5.97 Å². The van der Waals surface area contributed by atoms with Gasteiger partial charge in [-0.3, -0.25) is 0 Å². The lowest BCUT2D eigenvalue weighted by molar-refractivity contribution is 0.0690. The highest BCUT2D eigenvalue weighted by Gasteiger charge is 2.38. The van der Waals surface area contributed by atoms with Crippen molar-refractivity contribution in [3.05, 3.63) is 29.8 Å². The second-order valence-electron chi connectivity index (χ2n) is 4.04. The molecule has 1 aliphatic carbocycles. The summed E-state index contributed by atoms with van der Waals surface area (Å²) in [5.41, 5.74) is 0.212. The van der Waals surface area contributed by atoms with E-state index in [1.54, 1.807) is 24.3 Å². The summed E-state index contributed by atoms with van der Waals surface area (Å²) >= 11 is 7.12. The number of aromatic carboxylic acids is 1. The molecule has 1 fully saturated rings. The van der Waals surface area contributed by atoms with E-state index in [0.29, 0.717) is 27.9 Å². The molecule has 2 unspecified atom stereocenters. The quantitative estimate of drug-likeness (QED) is 0.835. The summed E-state index contributed by atoms with van der Waals surface area (Å²) in [4.78, 5) is 11.9. The molecule has 0 radical (unpaired) electrons. The number of carboxylic acids is 1. The number of carboxylic acid groups (broad SMARTS) is 1. The van der Waals surface area contributed by atoms with Crippen LogP contribution in [0.4, 0.5) is 0 Å². The number of ether oxygens (including phenoxy) is 1. The second kappa shape index (κ2) is 5.40. The highest BCUT2D eigenvalue weighted by atomic mass is 79.9. The smallest absolute Gasteiger partial charge is 0.339 e. The molecule has 0 bridgehead atoms. The van der Waals surface area contributed by atoms with Gasteiger partial charge in [0.1, 0.15) is 11.3 Å². The van der Waals surface area contributed by atoms with Crippen molar-refractivity contribution in [3.63, 3.8) is 0 Å². The molecule has 0 saturated heterocycles. The van der Waals surface area contributed by atoms with Gasteiger partial charge >= 0.3 is 5.97 Å². The minimum absolute atomic E-state index is 0.212. The zero-order valence-corrected chi connectivity index (χ0v) is 12.1. The Morgan fingerprint density at radius 2 is 2.00 bits per heavy atom. The average molecular weight is 364 g/mol. The Bertz CT molecular complexity index is 414. The van der Waals surface area contributed by atoms with Gasteiger partial charge in [-0.1, -0.05) is 44.0 Å². The third-order valence-electron chi connectivity index (χ3n) is 2.93. The molecule has 0 heterocycles. The minimum Gasteiger partial charge on any atom is -0.492 e. The van der Waals surface area contributed by atoms with Crippen LogP contribution in [0.15, 0.2) is 24.3 Å². The van der Waals surface area contributed by atoms with E-state index in [-0.39, 0.29) is 5.56 Å². The molecule has 1 saturated carbocycles. The molecule has 5 heteroatoms.